The first-order valence-corrected chi connectivity index (χ1v) is 6.29. The normalized spacial score (nSPS) is 19.4. The lowest BCUT2D eigenvalue weighted by Crippen LogP contribution is -2.46. The first-order valence-electron chi connectivity index (χ1n) is 6.29. The second kappa shape index (κ2) is 7.63. The van der Waals surface area contributed by atoms with E-state index in [0.717, 1.165) is 19.3 Å². The highest BCUT2D eigenvalue weighted by atomic mass is 16.5. The molecule has 0 radical (unpaired) electrons. The van der Waals surface area contributed by atoms with Crippen LogP contribution in [-0.4, -0.2) is 31.7 Å². The standard InChI is InChI=1S/C12H24N2O2/c1-16-9-5-8-11(13)12(15)14-10-6-3-2-4-7-10/h10-11H,2-9,13H2,1H3,(H,14,15). The highest BCUT2D eigenvalue weighted by Crippen LogP contribution is 2.17. The molecule has 1 fully saturated rings. The third-order valence-electron chi connectivity index (χ3n) is 3.15. The number of rotatable bonds is 6. The fourth-order valence-corrected chi connectivity index (χ4v) is 2.13. The molecule has 1 unspecified atom stereocenters. The van der Waals surface area contributed by atoms with E-state index in [9.17, 15) is 4.79 Å². The average Bonchev–Trinajstić information content (AvgIpc) is 2.30. The number of amides is 1. The molecule has 0 aromatic heterocycles. The zero-order valence-electron chi connectivity index (χ0n) is 10.2. The molecule has 4 heteroatoms. The van der Waals surface area contributed by atoms with Gasteiger partial charge in [-0.2, -0.15) is 0 Å². The molecule has 0 heterocycles. The lowest BCUT2D eigenvalue weighted by molar-refractivity contribution is -0.123. The SMILES string of the molecule is COCCCC(N)C(=O)NC1CCCCC1. The highest BCUT2D eigenvalue weighted by Gasteiger charge is 2.19. The fraction of sp³-hybridized carbons (Fsp3) is 0.917. The number of methoxy groups -OCH3 is 1. The monoisotopic (exact) mass is 228 g/mol. The van der Waals surface area contributed by atoms with Crippen LogP contribution in [0, 0.1) is 0 Å². The molecule has 1 saturated carbocycles. The van der Waals surface area contributed by atoms with Crippen molar-refractivity contribution in [2.75, 3.05) is 13.7 Å². The molecular formula is C12H24N2O2. The Bertz CT molecular complexity index is 203. The van der Waals surface area contributed by atoms with Gasteiger partial charge in [-0.1, -0.05) is 19.3 Å². The smallest absolute Gasteiger partial charge is 0.237 e. The Morgan fingerprint density at radius 2 is 2.12 bits per heavy atom. The summed E-state index contributed by atoms with van der Waals surface area (Å²) in [6.07, 6.45) is 7.51. The number of hydrogen-bond acceptors (Lipinski definition) is 3. The molecule has 1 aliphatic rings. The van der Waals surface area contributed by atoms with Crippen LogP contribution in [0.5, 0.6) is 0 Å². The van der Waals surface area contributed by atoms with Crippen LogP contribution in [0.25, 0.3) is 0 Å². The van der Waals surface area contributed by atoms with Crippen molar-refractivity contribution in [1.82, 2.24) is 5.32 Å². The Labute approximate surface area is 97.9 Å². The molecule has 3 N–H and O–H groups in total. The van der Waals surface area contributed by atoms with Gasteiger partial charge in [-0.25, -0.2) is 0 Å². The summed E-state index contributed by atoms with van der Waals surface area (Å²) in [6.45, 7) is 0.671. The molecule has 94 valence electrons. The molecule has 0 aromatic carbocycles. The molecule has 1 rings (SSSR count). The predicted molar refractivity (Wildman–Crippen MR) is 64.1 cm³/mol. The van der Waals surface area contributed by atoms with E-state index >= 15 is 0 Å². The summed E-state index contributed by atoms with van der Waals surface area (Å²) in [5.41, 5.74) is 5.81. The minimum absolute atomic E-state index is 0.00278. The second-order valence-corrected chi connectivity index (χ2v) is 4.59. The van der Waals surface area contributed by atoms with Crippen LogP contribution < -0.4 is 11.1 Å². The molecule has 0 aliphatic heterocycles. The quantitative estimate of drug-likeness (QED) is 0.671. The number of carbonyl (C=O) groups is 1. The third-order valence-corrected chi connectivity index (χ3v) is 3.15. The number of nitrogens with two attached hydrogens (primary N) is 1. The maximum Gasteiger partial charge on any atom is 0.237 e. The number of carbonyl (C=O) groups excluding carboxylic acids is 1. The summed E-state index contributed by atoms with van der Waals surface area (Å²) in [5, 5.41) is 3.04. The first kappa shape index (κ1) is 13.5. The van der Waals surface area contributed by atoms with E-state index in [2.05, 4.69) is 5.32 Å². The minimum Gasteiger partial charge on any atom is -0.385 e. The number of nitrogens with one attached hydrogen (secondary N) is 1. The van der Waals surface area contributed by atoms with E-state index in [0.29, 0.717) is 19.1 Å². The van der Waals surface area contributed by atoms with Crippen molar-refractivity contribution in [3.8, 4) is 0 Å². The van der Waals surface area contributed by atoms with E-state index in [1.807, 2.05) is 0 Å². The van der Waals surface area contributed by atoms with Gasteiger partial charge < -0.3 is 15.8 Å². The molecule has 1 atom stereocenters. The largest absolute Gasteiger partial charge is 0.385 e. The van der Waals surface area contributed by atoms with Crippen molar-refractivity contribution < 1.29 is 9.53 Å². The van der Waals surface area contributed by atoms with E-state index in [-0.39, 0.29) is 11.9 Å². The van der Waals surface area contributed by atoms with Gasteiger partial charge in [0.25, 0.3) is 0 Å². The van der Waals surface area contributed by atoms with Crippen molar-refractivity contribution in [2.24, 2.45) is 5.73 Å². The summed E-state index contributed by atoms with van der Waals surface area (Å²) < 4.78 is 4.93. The molecule has 0 spiro atoms. The maximum atomic E-state index is 11.7. The Kier molecular flexibility index (Phi) is 6.42. The summed E-state index contributed by atoms with van der Waals surface area (Å²) in [7, 11) is 1.66. The predicted octanol–water partition coefficient (Wildman–Crippen LogP) is 1.19. The maximum absolute atomic E-state index is 11.7. The van der Waals surface area contributed by atoms with Crippen LogP contribution in [0.3, 0.4) is 0 Å². The van der Waals surface area contributed by atoms with Crippen LogP contribution in [0.15, 0.2) is 0 Å². The van der Waals surface area contributed by atoms with Gasteiger partial charge in [0.1, 0.15) is 0 Å². The molecule has 1 amide bonds. The molecule has 4 nitrogen and oxygen atoms in total. The van der Waals surface area contributed by atoms with Gasteiger partial charge in [-0.05, 0) is 25.7 Å². The van der Waals surface area contributed by atoms with Crippen molar-refractivity contribution in [2.45, 2.75) is 57.0 Å². The Morgan fingerprint density at radius 1 is 1.44 bits per heavy atom. The van der Waals surface area contributed by atoms with E-state index in [1.54, 1.807) is 7.11 Å². The van der Waals surface area contributed by atoms with Gasteiger partial charge in [0.15, 0.2) is 0 Å². The number of ether oxygens (including phenoxy) is 1. The fourth-order valence-electron chi connectivity index (χ4n) is 2.13. The van der Waals surface area contributed by atoms with E-state index in [4.69, 9.17) is 10.5 Å². The lowest BCUT2D eigenvalue weighted by Gasteiger charge is -2.24. The van der Waals surface area contributed by atoms with Crippen LogP contribution in [0.1, 0.15) is 44.9 Å². The first-order chi connectivity index (χ1) is 7.74. The highest BCUT2D eigenvalue weighted by molar-refractivity contribution is 5.81. The van der Waals surface area contributed by atoms with Gasteiger partial charge in [0, 0.05) is 19.8 Å². The van der Waals surface area contributed by atoms with Gasteiger partial charge in [-0.3, -0.25) is 4.79 Å². The molecule has 1 aliphatic carbocycles. The van der Waals surface area contributed by atoms with Crippen LogP contribution in [0.4, 0.5) is 0 Å². The van der Waals surface area contributed by atoms with E-state index < -0.39 is 0 Å². The Balaban J connectivity index is 2.16. The molecule has 0 saturated heterocycles. The molecule has 0 aromatic rings. The molecule has 16 heavy (non-hydrogen) atoms. The van der Waals surface area contributed by atoms with Gasteiger partial charge in [0.05, 0.1) is 6.04 Å². The molecule has 0 bridgehead atoms. The number of hydrogen-bond donors (Lipinski definition) is 2. The summed E-state index contributed by atoms with van der Waals surface area (Å²) in [4.78, 5) is 11.7. The van der Waals surface area contributed by atoms with Crippen molar-refractivity contribution >= 4 is 5.91 Å². The van der Waals surface area contributed by atoms with Crippen LogP contribution in [0.2, 0.25) is 0 Å². The zero-order valence-corrected chi connectivity index (χ0v) is 10.2. The van der Waals surface area contributed by atoms with Crippen molar-refractivity contribution in [3.63, 3.8) is 0 Å². The molecular weight excluding hydrogens is 204 g/mol. The van der Waals surface area contributed by atoms with Gasteiger partial charge in [0.2, 0.25) is 5.91 Å². The minimum atomic E-state index is -0.378. The van der Waals surface area contributed by atoms with E-state index in [1.165, 1.54) is 19.3 Å². The zero-order chi connectivity index (χ0) is 11.8. The Hall–Kier alpha value is -0.610. The van der Waals surface area contributed by atoms with Crippen LogP contribution in [-0.2, 0) is 9.53 Å². The average molecular weight is 228 g/mol. The Morgan fingerprint density at radius 3 is 2.75 bits per heavy atom. The van der Waals surface area contributed by atoms with Crippen LogP contribution >= 0.6 is 0 Å². The van der Waals surface area contributed by atoms with Gasteiger partial charge in [-0.15, -0.1) is 0 Å². The third kappa shape index (κ3) is 4.94. The summed E-state index contributed by atoms with van der Waals surface area (Å²) >= 11 is 0. The lowest BCUT2D eigenvalue weighted by atomic mass is 9.95. The second-order valence-electron chi connectivity index (χ2n) is 4.59. The topological polar surface area (TPSA) is 64.3 Å². The van der Waals surface area contributed by atoms with Gasteiger partial charge >= 0.3 is 0 Å². The summed E-state index contributed by atoms with van der Waals surface area (Å²) in [5.74, 6) is 0.00278. The summed E-state index contributed by atoms with van der Waals surface area (Å²) in [6, 6.07) is -0.0215. The van der Waals surface area contributed by atoms with Crippen molar-refractivity contribution in [3.05, 3.63) is 0 Å². The van der Waals surface area contributed by atoms with Crippen molar-refractivity contribution in [1.29, 1.82) is 0 Å².